The Balaban J connectivity index is 0.00000341. The number of amides is 1. The van der Waals surface area contributed by atoms with Gasteiger partial charge in [-0.15, -0.1) is 24.0 Å². The molecule has 0 aliphatic heterocycles. The molecule has 0 saturated heterocycles. The Bertz CT molecular complexity index is 914. The molecule has 0 bridgehead atoms. The van der Waals surface area contributed by atoms with Gasteiger partial charge in [-0.05, 0) is 48.9 Å². The van der Waals surface area contributed by atoms with Crippen molar-refractivity contribution in [1.29, 1.82) is 0 Å². The summed E-state index contributed by atoms with van der Waals surface area (Å²) in [6, 6.07) is 15.0. The Morgan fingerprint density at radius 3 is 2.65 bits per heavy atom. The first-order valence-corrected chi connectivity index (χ1v) is 10.4. The molecule has 0 saturated carbocycles. The van der Waals surface area contributed by atoms with Crippen LogP contribution in [0.4, 0.5) is 0 Å². The highest BCUT2D eigenvalue weighted by molar-refractivity contribution is 14.0. The molecule has 0 radical (unpaired) electrons. The quantitative estimate of drug-likeness (QED) is 0.338. The fourth-order valence-electron chi connectivity index (χ4n) is 3.63. The first-order chi connectivity index (χ1) is 14.5. The lowest BCUT2D eigenvalue weighted by atomic mass is 9.88. The van der Waals surface area contributed by atoms with Gasteiger partial charge >= 0.3 is 0 Å². The van der Waals surface area contributed by atoms with E-state index in [2.05, 4.69) is 41.0 Å². The van der Waals surface area contributed by atoms with E-state index in [9.17, 15) is 4.79 Å². The molecular weight excluding hydrogens is 503 g/mol. The molecule has 2 N–H and O–H groups in total. The number of nitrogens with one attached hydrogen (secondary N) is 2. The average Bonchev–Trinajstić information content (AvgIpc) is 2.75. The number of methoxy groups -OCH3 is 1. The number of fused-ring (bicyclic) bond motifs is 1. The summed E-state index contributed by atoms with van der Waals surface area (Å²) >= 11 is 0. The van der Waals surface area contributed by atoms with Crippen LogP contribution in [0.3, 0.4) is 0 Å². The minimum absolute atomic E-state index is 0. The number of aryl methyl sites for hydroxylation is 2. The zero-order valence-electron chi connectivity index (χ0n) is 18.8. The molecule has 2 aromatic rings. The van der Waals surface area contributed by atoms with Crippen molar-refractivity contribution in [1.82, 2.24) is 15.5 Å². The van der Waals surface area contributed by atoms with E-state index in [1.165, 1.54) is 11.1 Å². The topological polar surface area (TPSA) is 66.0 Å². The van der Waals surface area contributed by atoms with Crippen molar-refractivity contribution in [3.63, 3.8) is 0 Å². The highest BCUT2D eigenvalue weighted by atomic mass is 127. The van der Waals surface area contributed by atoms with Crippen molar-refractivity contribution >= 4 is 35.8 Å². The van der Waals surface area contributed by atoms with Crippen LogP contribution in [0.1, 0.15) is 28.7 Å². The Morgan fingerprint density at radius 1 is 1.19 bits per heavy atom. The van der Waals surface area contributed by atoms with Gasteiger partial charge in [0, 0.05) is 25.7 Å². The summed E-state index contributed by atoms with van der Waals surface area (Å²) in [5.74, 6) is 1.48. The molecule has 1 aliphatic rings. The number of guanidine groups is 1. The summed E-state index contributed by atoms with van der Waals surface area (Å²) in [6.07, 6.45) is 3.03. The molecule has 1 unspecified atom stereocenters. The zero-order chi connectivity index (χ0) is 21.5. The van der Waals surface area contributed by atoms with Crippen LogP contribution in [-0.4, -0.2) is 50.6 Å². The maximum atomic E-state index is 12.1. The minimum atomic E-state index is 0. The van der Waals surface area contributed by atoms with Crippen molar-refractivity contribution in [3.05, 3.63) is 64.7 Å². The van der Waals surface area contributed by atoms with Gasteiger partial charge in [-0.2, -0.15) is 0 Å². The van der Waals surface area contributed by atoms with Crippen molar-refractivity contribution in [2.24, 2.45) is 4.99 Å². The Labute approximate surface area is 202 Å². The molecule has 2 aromatic carbocycles. The van der Waals surface area contributed by atoms with Gasteiger partial charge in [0.1, 0.15) is 5.75 Å². The number of hydrogen-bond donors (Lipinski definition) is 2. The number of ether oxygens (including phenoxy) is 1. The summed E-state index contributed by atoms with van der Waals surface area (Å²) in [5.41, 5.74) is 4.96. The summed E-state index contributed by atoms with van der Waals surface area (Å²) in [4.78, 5) is 18.4. The first kappa shape index (κ1) is 25.0. The van der Waals surface area contributed by atoms with E-state index in [4.69, 9.17) is 9.73 Å². The Hall–Kier alpha value is -2.29. The predicted octanol–water partition coefficient (Wildman–Crippen LogP) is 3.30. The van der Waals surface area contributed by atoms with E-state index >= 15 is 0 Å². The number of rotatable bonds is 6. The van der Waals surface area contributed by atoms with E-state index < -0.39 is 0 Å². The van der Waals surface area contributed by atoms with Gasteiger partial charge in [0.2, 0.25) is 5.91 Å². The molecule has 0 aromatic heterocycles. The number of carbonyl (C=O) groups excluding carboxylic acids is 1. The van der Waals surface area contributed by atoms with E-state index in [1.807, 2.05) is 19.1 Å². The highest BCUT2D eigenvalue weighted by Gasteiger charge is 2.19. The molecule has 31 heavy (non-hydrogen) atoms. The molecule has 0 fully saturated rings. The number of benzene rings is 2. The molecule has 6 nitrogen and oxygen atoms in total. The Kier molecular flexibility index (Phi) is 9.61. The minimum Gasteiger partial charge on any atom is -0.496 e. The molecular formula is C24H33IN4O2. The molecule has 1 atom stereocenters. The molecule has 168 valence electrons. The molecule has 1 aliphatic carbocycles. The van der Waals surface area contributed by atoms with Gasteiger partial charge < -0.3 is 20.3 Å². The lowest BCUT2D eigenvalue weighted by molar-refractivity contribution is -0.127. The molecule has 0 heterocycles. The van der Waals surface area contributed by atoms with Crippen LogP contribution in [0.15, 0.2) is 47.5 Å². The summed E-state index contributed by atoms with van der Waals surface area (Å²) in [7, 11) is 5.18. The van der Waals surface area contributed by atoms with Gasteiger partial charge in [0.05, 0.1) is 20.2 Å². The second kappa shape index (κ2) is 11.9. The maximum absolute atomic E-state index is 12.1. The third-order valence-electron chi connectivity index (χ3n) is 5.44. The van der Waals surface area contributed by atoms with E-state index in [0.717, 1.165) is 36.1 Å². The zero-order valence-corrected chi connectivity index (χ0v) is 21.1. The SMILES string of the molecule is COc1cc(C)ccc1CN=C(NCC(=O)N(C)C)NC1CCc2ccccc2C1.I. The number of halogens is 1. The van der Waals surface area contributed by atoms with Crippen LogP contribution in [0, 0.1) is 6.92 Å². The summed E-state index contributed by atoms with van der Waals surface area (Å²) < 4.78 is 5.51. The fourth-order valence-corrected chi connectivity index (χ4v) is 3.63. The predicted molar refractivity (Wildman–Crippen MR) is 136 cm³/mol. The van der Waals surface area contributed by atoms with Crippen molar-refractivity contribution in [2.75, 3.05) is 27.7 Å². The highest BCUT2D eigenvalue weighted by Crippen LogP contribution is 2.22. The van der Waals surface area contributed by atoms with Gasteiger partial charge in [-0.1, -0.05) is 36.4 Å². The van der Waals surface area contributed by atoms with Crippen LogP contribution in [0.25, 0.3) is 0 Å². The number of hydrogen-bond acceptors (Lipinski definition) is 3. The number of nitrogens with zero attached hydrogens (tertiary/aromatic N) is 2. The number of carbonyl (C=O) groups is 1. The van der Waals surface area contributed by atoms with Gasteiger partial charge in [0.25, 0.3) is 0 Å². The normalized spacial score (nSPS) is 15.4. The lowest BCUT2D eigenvalue weighted by Gasteiger charge is -2.27. The van der Waals surface area contributed by atoms with Crippen LogP contribution in [0.5, 0.6) is 5.75 Å². The molecule has 0 spiro atoms. The first-order valence-electron chi connectivity index (χ1n) is 10.4. The number of aliphatic imine (C=N–C) groups is 1. The van der Waals surface area contributed by atoms with Crippen LogP contribution in [0.2, 0.25) is 0 Å². The summed E-state index contributed by atoms with van der Waals surface area (Å²) in [6.45, 7) is 2.71. The van der Waals surface area contributed by atoms with Crippen LogP contribution >= 0.6 is 24.0 Å². The van der Waals surface area contributed by atoms with E-state index in [0.29, 0.717) is 12.5 Å². The Morgan fingerprint density at radius 2 is 1.94 bits per heavy atom. The summed E-state index contributed by atoms with van der Waals surface area (Å²) in [5, 5.41) is 6.74. The van der Waals surface area contributed by atoms with Crippen LogP contribution in [-0.2, 0) is 24.2 Å². The maximum Gasteiger partial charge on any atom is 0.241 e. The smallest absolute Gasteiger partial charge is 0.241 e. The largest absolute Gasteiger partial charge is 0.496 e. The van der Waals surface area contributed by atoms with Crippen molar-refractivity contribution in [2.45, 2.75) is 38.8 Å². The third-order valence-corrected chi connectivity index (χ3v) is 5.44. The second-order valence-corrected chi connectivity index (χ2v) is 7.97. The molecule has 7 heteroatoms. The second-order valence-electron chi connectivity index (χ2n) is 7.97. The lowest BCUT2D eigenvalue weighted by Crippen LogP contribution is -2.48. The third kappa shape index (κ3) is 7.12. The number of likely N-dealkylation sites (N-methyl/N-ethyl adjacent to an activating group) is 1. The van der Waals surface area contributed by atoms with Crippen LogP contribution < -0.4 is 15.4 Å². The van der Waals surface area contributed by atoms with Crippen molar-refractivity contribution in [3.8, 4) is 5.75 Å². The van der Waals surface area contributed by atoms with Gasteiger partial charge in [-0.25, -0.2) is 4.99 Å². The van der Waals surface area contributed by atoms with E-state index in [1.54, 1.807) is 26.1 Å². The average molecular weight is 536 g/mol. The standard InChI is InChI=1S/C24H32N4O2.HI/c1-17-9-10-20(22(13-17)30-4)15-25-24(26-16-23(29)28(2)3)27-21-12-11-18-7-5-6-8-19(18)14-21;/h5-10,13,21H,11-12,14-16H2,1-4H3,(H2,25,26,27);1H. The fraction of sp³-hybridized carbons (Fsp3) is 0.417. The molecule has 1 amide bonds. The van der Waals surface area contributed by atoms with Gasteiger partial charge in [0.15, 0.2) is 5.96 Å². The van der Waals surface area contributed by atoms with Crippen molar-refractivity contribution < 1.29 is 9.53 Å². The van der Waals surface area contributed by atoms with E-state index in [-0.39, 0.29) is 42.5 Å². The monoisotopic (exact) mass is 536 g/mol. The van der Waals surface area contributed by atoms with Gasteiger partial charge in [-0.3, -0.25) is 4.79 Å². The molecule has 3 rings (SSSR count).